The molecule has 0 N–H and O–H groups in total. The van der Waals surface area contributed by atoms with Gasteiger partial charge >= 0.3 is 5.97 Å². The molecule has 5 unspecified atom stereocenters. The van der Waals surface area contributed by atoms with Crippen molar-refractivity contribution in [1.29, 1.82) is 0 Å². The van der Waals surface area contributed by atoms with E-state index in [-0.39, 0.29) is 47.2 Å². The third kappa shape index (κ3) is 3.18. The molecule has 1 heterocycles. The van der Waals surface area contributed by atoms with E-state index in [0.717, 1.165) is 22.4 Å². The average molecular weight is 409 g/mol. The summed E-state index contributed by atoms with van der Waals surface area (Å²) in [4.78, 5) is 52.6. The predicted molar refractivity (Wildman–Crippen MR) is 109 cm³/mol. The van der Waals surface area contributed by atoms with Crippen LogP contribution < -0.4 is 0 Å². The number of allylic oxidation sites excluding steroid dienone is 2. The summed E-state index contributed by atoms with van der Waals surface area (Å²) < 4.78 is 5.30. The molecule has 6 heteroatoms. The van der Waals surface area contributed by atoms with Gasteiger partial charge in [-0.25, -0.2) is 4.79 Å². The molecule has 2 bridgehead atoms. The minimum Gasteiger partial charge on any atom is -0.456 e. The number of benzene rings is 1. The van der Waals surface area contributed by atoms with Crippen molar-refractivity contribution in [3.05, 3.63) is 47.0 Å². The van der Waals surface area contributed by atoms with E-state index in [0.29, 0.717) is 5.56 Å². The molecule has 3 aliphatic rings. The summed E-state index contributed by atoms with van der Waals surface area (Å²) in [7, 11) is 0. The highest BCUT2D eigenvalue weighted by Gasteiger charge is 2.61. The number of fused-ring (bicyclic) bond motifs is 5. The first-order valence-corrected chi connectivity index (χ1v) is 10.5. The van der Waals surface area contributed by atoms with Crippen molar-refractivity contribution in [2.24, 2.45) is 29.6 Å². The molecule has 158 valence electrons. The van der Waals surface area contributed by atoms with Gasteiger partial charge in [0.1, 0.15) is 6.04 Å². The number of Topliss-reactive ketones (excluding diaryl/α,β-unsaturated/α-hetero) is 1. The quantitative estimate of drug-likeness (QED) is 0.312. The van der Waals surface area contributed by atoms with Crippen molar-refractivity contribution in [3.8, 4) is 0 Å². The number of rotatable bonds is 6. The third-order valence-corrected chi connectivity index (χ3v) is 6.83. The number of carbonyl (C=O) groups is 4. The third-order valence-electron chi connectivity index (χ3n) is 6.83. The fourth-order valence-corrected chi connectivity index (χ4v) is 5.10. The topological polar surface area (TPSA) is 80.8 Å². The van der Waals surface area contributed by atoms with E-state index >= 15 is 0 Å². The second-order valence-corrected chi connectivity index (χ2v) is 9.07. The highest BCUT2D eigenvalue weighted by Crippen LogP contribution is 2.53. The van der Waals surface area contributed by atoms with E-state index < -0.39 is 18.6 Å². The molecule has 1 saturated carbocycles. The number of nitrogens with zero attached hydrogens (tertiary/aromatic N) is 1. The largest absolute Gasteiger partial charge is 0.456 e. The number of imide groups is 1. The van der Waals surface area contributed by atoms with Crippen molar-refractivity contribution in [2.45, 2.75) is 40.2 Å². The Morgan fingerprint density at radius 3 is 2.17 bits per heavy atom. The smallest absolute Gasteiger partial charge is 0.330 e. The summed E-state index contributed by atoms with van der Waals surface area (Å²) >= 11 is 0. The van der Waals surface area contributed by atoms with Gasteiger partial charge in [-0.3, -0.25) is 19.3 Å². The van der Waals surface area contributed by atoms with Gasteiger partial charge in [0.2, 0.25) is 11.8 Å². The van der Waals surface area contributed by atoms with Crippen LogP contribution in [0.5, 0.6) is 0 Å². The maximum Gasteiger partial charge on any atom is 0.330 e. The molecule has 0 aromatic heterocycles. The minimum absolute atomic E-state index is 0.0802. The Morgan fingerprint density at radius 2 is 1.63 bits per heavy atom. The fraction of sp³-hybridized carbons (Fsp3) is 0.500. The Kier molecular flexibility index (Phi) is 5.12. The number of carbonyl (C=O) groups excluding carboxylic acids is 4. The summed E-state index contributed by atoms with van der Waals surface area (Å²) in [5.41, 5.74) is 2.52. The van der Waals surface area contributed by atoms with Gasteiger partial charge in [-0.05, 0) is 55.2 Å². The second kappa shape index (κ2) is 7.49. The van der Waals surface area contributed by atoms with Crippen LogP contribution in [0.1, 0.15) is 41.8 Å². The van der Waals surface area contributed by atoms with Crippen LogP contribution in [0.2, 0.25) is 0 Å². The molecule has 1 aromatic rings. The highest BCUT2D eigenvalue weighted by atomic mass is 16.5. The Labute approximate surface area is 176 Å². The number of amides is 2. The molecule has 1 aliphatic heterocycles. The molecule has 2 aliphatic carbocycles. The first-order chi connectivity index (χ1) is 14.2. The summed E-state index contributed by atoms with van der Waals surface area (Å²) in [6, 6.07) is 4.31. The van der Waals surface area contributed by atoms with Crippen molar-refractivity contribution >= 4 is 23.6 Å². The van der Waals surface area contributed by atoms with Crippen molar-refractivity contribution in [2.75, 3.05) is 6.61 Å². The fourth-order valence-electron chi connectivity index (χ4n) is 5.10. The average Bonchev–Trinajstić information content (AvgIpc) is 3.38. The monoisotopic (exact) mass is 409 g/mol. The zero-order valence-electron chi connectivity index (χ0n) is 17.8. The molecule has 1 aromatic carbocycles. The van der Waals surface area contributed by atoms with Crippen molar-refractivity contribution in [3.63, 3.8) is 0 Å². The first kappa shape index (κ1) is 20.5. The summed E-state index contributed by atoms with van der Waals surface area (Å²) in [6.45, 7) is 7.01. The van der Waals surface area contributed by atoms with Crippen LogP contribution in [0.4, 0.5) is 0 Å². The second-order valence-electron chi connectivity index (χ2n) is 9.07. The van der Waals surface area contributed by atoms with Crippen LogP contribution in [0.25, 0.3) is 0 Å². The normalized spacial score (nSPS) is 27.7. The molecule has 30 heavy (non-hydrogen) atoms. The van der Waals surface area contributed by atoms with Gasteiger partial charge in [-0.2, -0.15) is 0 Å². The number of ether oxygens (including phenoxy) is 1. The van der Waals surface area contributed by atoms with Gasteiger partial charge in [0.05, 0.1) is 11.8 Å². The van der Waals surface area contributed by atoms with Crippen LogP contribution in [0, 0.1) is 43.4 Å². The van der Waals surface area contributed by atoms with E-state index in [1.165, 1.54) is 0 Å². The maximum absolute atomic E-state index is 13.1. The number of aryl methyl sites for hydroxylation is 2. The lowest BCUT2D eigenvalue weighted by Gasteiger charge is -2.28. The molecule has 6 nitrogen and oxygen atoms in total. The Bertz CT molecular complexity index is 932. The summed E-state index contributed by atoms with van der Waals surface area (Å²) in [5, 5.41) is 0. The molecule has 0 radical (unpaired) electrons. The Balaban J connectivity index is 1.47. The van der Waals surface area contributed by atoms with Gasteiger partial charge in [-0.15, -0.1) is 0 Å². The van der Waals surface area contributed by atoms with Crippen LogP contribution >= 0.6 is 0 Å². The molecule has 1 saturated heterocycles. The van der Waals surface area contributed by atoms with Crippen LogP contribution in [-0.2, 0) is 19.1 Å². The number of ketones is 1. The first-order valence-electron chi connectivity index (χ1n) is 10.5. The molecule has 2 fully saturated rings. The maximum atomic E-state index is 13.1. The van der Waals surface area contributed by atoms with E-state index in [1.54, 1.807) is 26.0 Å². The predicted octanol–water partition coefficient (Wildman–Crippen LogP) is 2.86. The molecule has 4 rings (SSSR count). The lowest BCUT2D eigenvalue weighted by Crippen LogP contribution is -2.50. The van der Waals surface area contributed by atoms with Crippen molar-refractivity contribution < 1.29 is 23.9 Å². The molecular weight excluding hydrogens is 382 g/mol. The number of likely N-dealkylation sites (tertiary alicyclic amines) is 1. The van der Waals surface area contributed by atoms with Gasteiger partial charge in [0, 0.05) is 5.56 Å². The molecular formula is C24H27NO5. The van der Waals surface area contributed by atoms with Gasteiger partial charge in [0.15, 0.2) is 12.4 Å². The van der Waals surface area contributed by atoms with E-state index in [9.17, 15) is 19.2 Å². The summed E-state index contributed by atoms with van der Waals surface area (Å²) in [6.07, 6.45) is 4.87. The van der Waals surface area contributed by atoms with Gasteiger partial charge < -0.3 is 4.74 Å². The molecule has 0 spiro atoms. The van der Waals surface area contributed by atoms with E-state index in [4.69, 9.17) is 4.74 Å². The zero-order chi connectivity index (χ0) is 21.7. The standard InChI is InChI=1S/C24H27NO5/c1-12(2)21(24(29)30-11-18(26)15-6-5-13(3)14(4)9-15)25-22(27)19-16-7-8-17(10-16)20(19)23(25)28/h5-9,12,16-17,19-21H,10-11H2,1-4H3. The Morgan fingerprint density at radius 1 is 1.03 bits per heavy atom. The number of hydrogen-bond acceptors (Lipinski definition) is 5. The van der Waals surface area contributed by atoms with Crippen LogP contribution in [-0.4, -0.2) is 41.1 Å². The SMILES string of the molecule is Cc1ccc(C(=O)COC(=O)C(C(C)C)N2C(=O)C3C4C=CC(C4)C3C2=O)cc1C. The molecule has 2 amide bonds. The van der Waals surface area contributed by atoms with Gasteiger partial charge in [-0.1, -0.05) is 38.1 Å². The van der Waals surface area contributed by atoms with Gasteiger partial charge in [0.25, 0.3) is 0 Å². The minimum atomic E-state index is -1.01. The Hall–Kier alpha value is -2.76. The zero-order valence-corrected chi connectivity index (χ0v) is 17.8. The van der Waals surface area contributed by atoms with E-state index in [1.807, 2.05) is 32.1 Å². The number of esters is 1. The van der Waals surface area contributed by atoms with Crippen LogP contribution in [0.15, 0.2) is 30.4 Å². The van der Waals surface area contributed by atoms with E-state index in [2.05, 4.69) is 0 Å². The molecule has 5 atom stereocenters. The lowest BCUT2D eigenvalue weighted by molar-refractivity contribution is -0.160. The highest BCUT2D eigenvalue weighted by molar-refractivity contribution is 6.09. The van der Waals surface area contributed by atoms with Crippen LogP contribution in [0.3, 0.4) is 0 Å². The van der Waals surface area contributed by atoms with Crippen molar-refractivity contribution in [1.82, 2.24) is 4.90 Å². The summed E-state index contributed by atoms with van der Waals surface area (Å²) in [5.74, 6) is -2.45. The lowest BCUT2D eigenvalue weighted by atomic mass is 9.85. The number of hydrogen-bond donors (Lipinski definition) is 0.